The standard InChI is InChI=1S/C19H23F3N4O3/c1-13(17(27)23-7-4-8-25-9-11-29-12-10-25)26-15-6-3-2-5-14(15)24-16(18(26)28)19(20,21)22/h2-3,5-6,13H,4,7-12H2,1H3,(H,23,27)/t13-/m1/s1. The highest BCUT2D eigenvalue weighted by Crippen LogP contribution is 2.27. The Labute approximate surface area is 165 Å². The fourth-order valence-electron chi connectivity index (χ4n) is 3.33. The summed E-state index contributed by atoms with van der Waals surface area (Å²) in [5, 5.41) is 2.71. The van der Waals surface area contributed by atoms with Gasteiger partial charge in [-0.05, 0) is 32.0 Å². The largest absolute Gasteiger partial charge is 0.438 e. The third kappa shape index (κ3) is 4.94. The van der Waals surface area contributed by atoms with E-state index in [1.165, 1.54) is 25.1 Å². The van der Waals surface area contributed by atoms with Crippen LogP contribution in [-0.4, -0.2) is 59.8 Å². The molecule has 1 aliphatic heterocycles. The molecule has 7 nitrogen and oxygen atoms in total. The second-order valence-corrected chi connectivity index (χ2v) is 6.90. The van der Waals surface area contributed by atoms with Gasteiger partial charge >= 0.3 is 6.18 Å². The van der Waals surface area contributed by atoms with E-state index in [9.17, 15) is 22.8 Å². The second-order valence-electron chi connectivity index (χ2n) is 6.90. The van der Waals surface area contributed by atoms with Crippen molar-refractivity contribution in [3.8, 4) is 0 Å². The van der Waals surface area contributed by atoms with Gasteiger partial charge in [-0.1, -0.05) is 12.1 Å². The number of halogens is 3. The van der Waals surface area contributed by atoms with Crippen LogP contribution in [-0.2, 0) is 15.7 Å². The van der Waals surface area contributed by atoms with E-state index < -0.39 is 29.4 Å². The van der Waals surface area contributed by atoms with Gasteiger partial charge in [0.1, 0.15) is 6.04 Å². The van der Waals surface area contributed by atoms with Crippen molar-refractivity contribution >= 4 is 16.9 Å². The van der Waals surface area contributed by atoms with Crippen LogP contribution in [0.1, 0.15) is 25.1 Å². The molecule has 0 spiro atoms. The minimum absolute atomic E-state index is 0.00592. The van der Waals surface area contributed by atoms with Crippen LogP contribution in [0, 0.1) is 0 Å². The number of carbonyl (C=O) groups excluding carboxylic acids is 1. The summed E-state index contributed by atoms with van der Waals surface area (Å²) in [5.74, 6) is -0.515. The van der Waals surface area contributed by atoms with Crippen molar-refractivity contribution < 1.29 is 22.7 Å². The van der Waals surface area contributed by atoms with E-state index in [0.717, 1.165) is 24.2 Å². The third-order valence-electron chi connectivity index (χ3n) is 4.88. The van der Waals surface area contributed by atoms with Crippen LogP contribution in [0.5, 0.6) is 0 Å². The third-order valence-corrected chi connectivity index (χ3v) is 4.88. The Balaban J connectivity index is 1.75. The molecule has 2 heterocycles. The lowest BCUT2D eigenvalue weighted by molar-refractivity contribution is -0.142. The number of rotatable bonds is 6. The van der Waals surface area contributed by atoms with Gasteiger partial charge in [0, 0.05) is 19.6 Å². The van der Waals surface area contributed by atoms with Gasteiger partial charge in [-0.25, -0.2) is 4.98 Å². The lowest BCUT2D eigenvalue weighted by atomic mass is 10.2. The number of nitrogens with one attached hydrogen (secondary N) is 1. The van der Waals surface area contributed by atoms with Gasteiger partial charge < -0.3 is 10.1 Å². The molecule has 1 aromatic heterocycles. The van der Waals surface area contributed by atoms with E-state index in [2.05, 4.69) is 15.2 Å². The second kappa shape index (κ2) is 8.91. The smallest absolute Gasteiger partial charge is 0.379 e. The lowest BCUT2D eigenvalue weighted by Crippen LogP contribution is -2.40. The molecule has 1 atom stereocenters. The summed E-state index contributed by atoms with van der Waals surface area (Å²) in [6.45, 7) is 5.60. The number of para-hydroxylation sites is 2. The first-order valence-electron chi connectivity index (χ1n) is 9.45. The Bertz CT molecular complexity index is 923. The lowest BCUT2D eigenvalue weighted by Gasteiger charge is -2.26. The molecule has 0 saturated carbocycles. The molecule has 158 valence electrons. The number of carbonyl (C=O) groups is 1. The minimum Gasteiger partial charge on any atom is -0.379 e. The van der Waals surface area contributed by atoms with Crippen molar-refractivity contribution in [2.45, 2.75) is 25.6 Å². The highest BCUT2D eigenvalue weighted by atomic mass is 19.4. The molecule has 1 aliphatic rings. The van der Waals surface area contributed by atoms with Crippen molar-refractivity contribution in [2.24, 2.45) is 0 Å². The molecule has 0 unspecified atom stereocenters. The fraction of sp³-hybridized carbons (Fsp3) is 0.526. The summed E-state index contributed by atoms with van der Waals surface area (Å²) < 4.78 is 45.9. The minimum atomic E-state index is -4.91. The van der Waals surface area contributed by atoms with Crippen molar-refractivity contribution in [3.05, 3.63) is 40.3 Å². The predicted molar refractivity (Wildman–Crippen MR) is 101 cm³/mol. The number of aromatic nitrogens is 2. The topological polar surface area (TPSA) is 76.5 Å². The zero-order chi connectivity index (χ0) is 21.0. The molecule has 0 bridgehead atoms. The first-order chi connectivity index (χ1) is 13.8. The molecule has 1 amide bonds. The number of morpholine rings is 1. The Kier molecular flexibility index (Phi) is 6.53. The number of nitrogens with zero attached hydrogens (tertiary/aromatic N) is 3. The van der Waals surface area contributed by atoms with Gasteiger partial charge in [0.15, 0.2) is 0 Å². The van der Waals surface area contributed by atoms with E-state index in [-0.39, 0.29) is 11.0 Å². The molecule has 1 aromatic carbocycles. The summed E-state index contributed by atoms with van der Waals surface area (Å²) in [5.41, 5.74) is -2.66. The number of hydrogen-bond donors (Lipinski definition) is 1. The molecule has 1 N–H and O–H groups in total. The van der Waals surface area contributed by atoms with Gasteiger partial charge in [-0.2, -0.15) is 13.2 Å². The molecule has 1 saturated heterocycles. The molecule has 2 aromatic rings. The van der Waals surface area contributed by atoms with E-state index >= 15 is 0 Å². The summed E-state index contributed by atoms with van der Waals surface area (Å²) in [4.78, 5) is 30.7. The quantitative estimate of drug-likeness (QED) is 0.733. The van der Waals surface area contributed by atoms with E-state index in [1.807, 2.05) is 0 Å². The molecule has 1 fully saturated rings. The molecular formula is C19H23F3N4O3. The number of ether oxygens (including phenoxy) is 1. The molecule has 29 heavy (non-hydrogen) atoms. The average molecular weight is 412 g/mol. The average Bonchev–Trinajstić information content (AvgIpc) is 2.70. The first-order valence-corrected chi connectivity index (χ1v) is 9.45. The highest BCUT2D eigenvalue weighted by molar-refractivity contribution is 5.83. The molecule has 0 aliphatic carbocycles. The van der Waals surface area contributed by atoms with Gasteiger partial charge in [-0.15, -0.1) is 0 Å². The summed E-state index contributed by atoms with van der Waals surface area (Å²) in [7, 11) is 0. The number of alkyl halides is 3. The van der Waals surface area contributed by atoms with Crippen LogP contribution in [0.15, 0.2) is 29.1 Å². The fourth-order valence-corrected chi connectivity index (χ4v) is 3.33. The van der Waals surface area contributed by atoms with Gasteiger partial charge in [0.25, 0.3) is 5.56 Å². The first kappa shape index (κ1) is 21.3. The molecule has 3 rings (SSSR count). The van der Waals surface area contributed by atoms with Crippen LogP contribution < -0.4 is 10.9 Å². The van der Waals surface area contributed by atoms with Crippen molar-refractivity contribution in [3.63, 3.8) is 0 Å². The van der Waals surface area contributed by atoms with Gasteiger partial charge in [-0.3, -0.25) is 19.1 Å². The van der Waals surface area contributed by atoms with Crippen LogP contribution in [0.2, 0.25) is 0 Å². The van der Waals surface area contributed by atoms with Crippen molar-refractivity contribution in [1.29, 1.82) is 0 Å². The van der Waals surface area contributed by atoms with Crippen LogP contribution >= 0.6 is 0 Å². The number of hydrogen-bond acceptors (Lipinski definition) is 5. The zero-order valence-corrected chi connectivity index (χ0v) is 16.0. The van der Waals surface area contributed by atoms with Gasteiger partial charge in [0.2, 0.25) is 11.6 Å². The number of amides is 1. The molecular weight excluding hydrogens is 389 g/mol. The monoisotopic (exact) mass is 412 g/mol. The summed E-state index contributed by atoms with van der Waals surface area (Å²) in [6.07, 6.45) is -4.21. The maximum Gasteiger partial charge on any atom is 0.438 e. The van der Waals surface area contributed by atoms with Crippen LogP contribution in [0.4, 0.5) is 13.2 Å². The maximum atomic E-state index is 13.3. The Hall–Kier alpha value is -2.46. The predicted octanol–water partition coefficient (Wildman–Crippen LogP) is 1.81. The van der Waals surface area contributed by atoms with Crippen LogP contribution in [0.3, 0.4) is 0 Å². The SMILES string of the molecule is C[C@H](C(=O)NCCCN1CCOCC1)n1c(=O)c(C(F)(F)F)nc2ccccc21. The van der Waals surface area contributed by atoms with Crippen molar-refractivity contribution in [2.75, 3.05) is 39.4 Å². The number of benzene rings is 1. The Morgan fingerprint density at radius 3 is 2.66 bits per heavy atom. The van der Waals surface area contributed by atoms with E-state index in [0.29, 0.717) is 26.2 Å². The summed E-state index contributed by atoms with van der Waals surface area (Å²) >= 11 is 0. The van der Waals surface area contributed by atoms with Gasteiger partial charge in [0.05, 0.1) is 24.2 Å². The molecule has 0 radical (unpaired) electrons. The Morgan fingerprint density at radius 1 is 1.28 bits per heavy atom. The zero-order valence-electron chi connectivity index (χ0n) is 16.0. The Morgan fingerprint density at radius 2 is 1.97 bits per heavy atom. The highest BCUT2D eigenvalue weighted by Gasteiger charge is 2.38. The van der Waals surface area contributed by atoms with Crippen molar-refractivity contribution in [1.82, 2.24) is 19.8 Å². The normalized spacial score (nSPS) is 16.7. The van der Waals surface area contributed by atoms with Crippen LogP contribution in [0.25, 0.3) is 11.0 Å². The molecule has 10 heteroatoms. The number of fused-ring (bicyclic) bond motifs is 1. The van der Waals surface area contributed by atoms with E-state index in [4.69, 9.17) is 4.74 Å². The van der Waals surface area contributed by atoms with E-state index in [1.54, 1.807) is 6.07 Å². The maximum absolute atomic E-state index is 13.3. The summed E-state index contributed by atoms with van der Waals surface area (Å²) in [6, 6.07) is 4.86.